The van der Waals surface area contributed by atoms with Gasteiger partial charge in [0.15, 0.2) is 5.88 Å². The molecule has 0 saturated heterocycles. The maximum atomic E-state index is 13.1. The average molecular weight is 491 g/mol. The van der Waals surface area contributed by atoms with Gasteiger partial charge in [-0.05, 0) is 43.5 Å². The summed E-state index contributed by atoms with van der Waals surface area (Å²) in [4.78, 5) is 29.0. The number of aromatic amines is 1. The van der Waals surface area contributed by atoms with E-state index in [1.807, 2.05) is 6.92 Å². The van der Waals surface area contributed by atoms with E-state index in [1.54, 1.807) is 18.9 Å². The zero-order valence-electron chi connectivity index (χ0n) is 19.9. The normalized spacial score (nSPS) is 11.9. The van der Waals surface area contributed by atoms with Crippen molar-refractivity contribution in [2.24, 2.45) is 4.99 Å². The number of alkyl halides is 3. The van der Waals surface area contributed by atoms with Crippen LogP contribution in [0.4, 0.5) is 24.7 Å². The van der Waals surface area contributed by atoms with Gasteiger partial charge in [0.1, 0.15) is 17.8 Å². The topological polar surface area (TPSA) is 106 Å². The van der Waals surface area contributed by atoms with E-state index in [4.69, 9.17) is 0 Å². The summed E-state index contributed by atoms with van der Waals surface area (Å²) in [6.45, 7) is 4.68. The molecule has 8 nitrogen and oxygen atoms in total. The Bertz CT molecular complexity index is 1210. The molecule has 0 unspecified atom stereocenters. The molecule has 0 saturated carbocycles. The van der Waals surface area contributed by atoms with E-state index in [1.165, 1.54) is 18.6 Å². The molecule has 0 aliphatic carbocycles. The number of nitrogens with one attached hydrogen (secondary N) is 2. The van der Waals surface area contributed by atoms with Gasteiger partial charge in [-0.1, -0.05) is 13.3 Å². The van der Waals surface area contributed by atoms with Gasteiger partial charge in [0.05, 0.1) is 22.2 Å². The van der Waals surface area contributed by atoms with E-state index in [0.29, 0.717) is 48.3 Å². The molecule has 35 heavy (non-hydrogen) atoms. The highest BCUT2D eigenvalue weighted by atomic mass is 19.4. The van der Waals surface area contributed by atoms with Crippen molar-refractivity contribution in [3.63, 3.8) is 0 Å². The van der Waals surface area contributed by atoms with Crippen LogP contribution in [-0.4, -0.2) is 57.2 Å². The summed E-state index contributed by atoms with van der Waals surface area (Å²) in [7, 11) is 1.77. The number of H-pyrrole nitrogens is 1. The first-order valence-corrected chi connectivity index (χ1v) is 11.4. The second-order valence-electron chi connectivity index (χ2n) is 8.35. The molecule has 2 heterocycles. The first-order valence-electron chi connectivity index (χ1n) is 11.4. The van der Waals surface area contributed by atoms with Crippen LogP contribution in [0.5, 0.6) is 5.88 Å². The molecule has 11 heteroatoms. The number of fused-ring (bicyclic) bond motifs is 1. The van der Waals surface area contributed by atoms with Crippen molar-refractivity contribution < 1.29 is 23.1 Å². The van der Waals surface area contributed by atoms with Gasteiger partial charge in [0.2, 0.25) is 5.91 Å². The van der Waals surface area contributed by atoms with Gasteiger partial charge in [0.25, 0.3) is 0 Å². The molecular weight excluding hydrogens is 461 g/mol. The fraction of sp³-hybridized carbons (Fsp3) is 0.417. The Labute approximate surface area is 201 Å². The molecule has 1 amide bonds. The number of nitrogens with zero attached hydrogens (tertiary/aromatic N) is 4. The van der Waals surface area contributed by atoms with Gasteiger partial charge in [-0.25, -0.2) is 9.97 Å². The number of benzene rings is 1. The number of aromatic hydroxyl groups is 1. The van der Waals surface area contributed by atoms with Crippen LogP contribution in [0.25, 0.3) is 11.0 Å². The van der Waals surface area contributed by atoms with E-state index in [9.17, 15) is 23.1 Å². The first kappa shape index (κ1) is 26.0. The second kappa shape index (κ2) is 11.2. The summed E-state index contributed by atoms with van der Waals surface area (Å²) in [5, 5.41) is 14.0. The molecule has 0 radical (unpaired) electrons. The number of aliphatic imine (C=N–C) groups is 1. The molecule has 2 aromatic heterocycles. The standard InChI is InChI=1S/C24H29F3N6O2/c1-4-5-7-19(34)33(3)9-6-8-28-21-20-18(23(35)32-22(20)31-14-30-21)13-29-17-11-15(2)10-16(12-17)24(25,26)27/h10-14,35H,4-9H2,1-3H3,(H2,28,30,31,32). The van der Waals surface area contributed by atoms with Gasteiger partial charge < -0.3 is 20.3 Å². The van der Waals surface area contributed by atoms with Crippen molar-refractivity contribution in [2.75, 3.05) is 25.5 Å². The highest BCUT2D eigenvalue weighted by Gasteiger charge is 2.30. The Morgan fingerprint density at radius 2 is 2.03 bits per heavy atom. The minimum absolute atomic E-state index is 0.105. The average Bonchev–Trinajstić information content (AvgIpc) is 3.13. The highest BCUT2D eigenvalue weighted by molar-refractivity contribution is 6.06. The molecule has 0 atom stereocenters. The van der Waals surface area contributed by atoms with Crippen LogP contribution in [0, 0.1) is 6.92 Å². The van der Waals surface area contributed by atoms with Gasteiger partial charge in [-0.2, -0.15) is 13.2 Å². The zero-order valence-corrected chi connectivity index (χ0v) is 19.9. The molecule has 0 aliphatic heterocycles. The number of carbonyl (C=O) groups is 1. The summed E-state index contributed by atoms with van der Waals surface area (Å²) in [6.07, 6.45) is 1.16. The summed E-state index contributed by atoms with van der Waals surface area (Å²) in [6, 6.07) is 3.52. The number of amides is 1. The molecule has 0 bridgehead atoms. The minimum atomic E-state index is -4.49. The maximum Gasteiger partial charge on any atom is 0.416 e. The van der Waals surface area contributed by atoms with E-state index in [-0.39, 0.29) is 23.0 Å². The van der Waals surface area contributed by atoms with Crippen molar-refractivity contribution in [2.45, 2.75) is 45.7 Å². The molecule has 0 spiro atoms. The molecular formula is C24H29F3N6O2. The van der Waals surface area contributed by atoms with Gasteiger partial charge in [-0.15, -0.1) is 0 Å². The monoisotopic (exact) mass is 490 g/mol. The van der Waals surface area contributed by atoms with Gasteiger partial charge in [-0.3, -0.25) is 9.79 Å². The smallest absolute Gasteiger partial charge is 0.416 e. The largest absolute Gasteiger partial charge is 0.494 e. The Hall–Kier alpha value is -3.63. The molecule has 188 valence electrons. The molecule has 1 aromatic carbocycles. The molecule has 3 rings (SSSR count). The summed E-state index contributed by atoms with van der Waals surface area (Å²) in [5.74, 6) is 0.320. The number of aromatic nitrogens is 3. The Morgan fingerprint density at radius 3 is 2.74 bits per heavy atom. The molecule has 0 fully saturated rings. The van der Waals surface area contributed by atoms with Crippen LogP contribution in [0.3, 0.4) is 0 Å². The number of hydrogen-bond donors (Lipinski definition) is 3. The van der Waals surface area contributed by atoms with E-state index in [2.05, 4.69) is 25.3 Å². The predicted octanol–water partition coefficient (Wildman–Crippen LogP) is 5.19. The van der Waals surface area contributed by atoms with Crippen LogP contribution >= 0.6 is 0 Å². The maximum absolute atomic E-state index is 13.1. The summed E-state index contributed by atoms with van der Waals surface area (Å²) >= 11 is 0. The second-order valence-corrected chi connectivity index (χ2v) is 8.35. The lowest BCUT2D eigenvalue weighted by Crippen LogP contribution is -2.28. The van der Waals surface area contributed by atoms with Crippen molar-refractivity contribution >= 4 is 34.7 Å². The Morgan fingerprint density at radius 1 is 1.26 bits per heavy atom. The SMILES string of the molecule is CCCCC(=O)N(C)CCCNc1ncnc2[nH]c(O)c(C=Nc3cc(C)cc(C(F)(F)F)c3)c12. The Kier molecular flexibility index (Phi) is 8.31. The van der Waals surface area contributed by atoms with Crippen molar-refractivity contribution in [1.29, 1.82) is 0 Å². The lowest BCUT2D eigenvalue weighted by atomic mass is 10.1. The molecule has 0 aliphatic rings. The van der Waals surface area contributed by atoms with Gasteiger partial charge in [0, 0.05) is 32.8 Å². The van der Waals surface area contributed by atoms with E-state index in [0.717, 1.165) is 25.0 Å². The van der Waals surface area contributed by atoms with Crippen molar-refractivity contribution in [3.8, 4) is 5.88 Å². The van der Waals surface area contributed by atoms with Crippen molar-refractivity contribution in [3.05, 3.63) is 41.2 Å². The van der Waals surface area contributed by atoms with E-state index >= 15 is 0 Å². The van der Waals surface area contributed by atoms with Crippen molar-refractivity contribution in [1.82, 2.24) is 19.9 Å². The fourth-order valence-electron chi connectivity index (χ4n) is 3.60. The number of halogens is 3. The summed E-state index contributed by atoms with van der Waals surface area (Å²) in [5.41, 5.74) is 0.336. The van der Waals surface area contributed by atoms with Crippen LogP contribution in [0.15, 0.2) is 29.5 Å². The lowest BCUT2D eigenvalue weighted by Gasteiger charge is -2.17. The van der Waals surface area contributed by atoms with Crippen LogP contribution in [-0.2, 0) is 11.0 Å². The number of aryl methyl sites for hydroxylation is 1. The zero-order chi connectivity index (χ0) is 25.6. The first-order chi connectivity index (χ1) is 16.6. The van der Waals surface area contributed by atoms with Gasteiger partial charge >= 0.3 is 6.18 Å². The third-order valence-electron chi connectivity index (χ3n) is 5.47. The summed E-state index contributed by atoms with van der Waals surface area (Å²) < 4.78 is 39.4. The highest BCUT2D eigenvalue weighted by Crippen LogP contribution is 2.33. The lowest BCUT2D eigenvalue weighted by molar-refractivity contribution is -0.137. The third-order valence-corrected chi connectivity index (χ3v) is 5.47. The van der Waals surface area contributed by atoms with Crippen LogP contribution < -0.4 is 5.32 Å². The molecule has 3 aromatic rings. The number of unbranched alkanes of at least 4 members (excludes halogenated alkanes) is 1. The molecule has 3 N–H and O–H groups in total. The number of carbonyl (C=O) groups excluding carboxylic acids is 1. The predicted molar refractivity (Wildman–Crippen MR) is 129 cm³/mol. The quantitative estimate of drug-likeness (QED) is 0.268. The minimum Gasteiger partial charge on any atom is -0.494 e. The number of hydrogen-bond acceptors (Lipinski definition) is 6. The fourth-order valence-corrected chi connectivity index (χ4v) is 3.60. The number of anilines is 1. The number of rotatable bonds is 10. The van der Waals surface area contributed by atoms with Crippen LogP contribution in [0.1, 0.15) is 49.3 Å². The third kappa shape index (κ3) is 6.71. The van der Waals surface area contributed by atoms with Crippen LogP contribution in [0.2, 0.25) is 0 Å². The Balaban J connectivity index is 1.77. The van der Waals surface area contributed by atoms with E-state index < -0.39 is 11.7 Å².